The molecule has 224 valence electrons. The van der Waals surface area contributed by atoms with Crippen molar-refractivity contribution in [1.29, 1.82) is 0 Å². The molecule has 0 saturated heterocycles. The summed E-state index contributed by atoms with van der Waals surface area (Å²) in [6.45, 7) is 4.40. The van der Waals surface area contributed by atoms with Crippen LogP contribution in [0.2, 0.25) is 10.0 Å². The molecule has 0 unspecified atom stereocenters. The van der Waals surface area contributed by atoms with Crippen LogP contribution in [-0.4, -0.2) is 27.8 Å². The van der Waals surface area contributed by atoms with Gasteiger partial charge in [0, 0.05) is 17.1 Å². The largest absolute Gasteiger partial charge is 0.486 e. The Bertz CT molecular complexity index is 1780. The Morgan fingerprint density at radius 1 is 0.886 bits per heavy atom. The minimum Gasteiger partial charge on any atom is -0.486 e. The second kappa shape index (κ2) is 13.5. The van der Waals surface area contributed by atoms with Crippen molar-refractivity contribution in [2.45, 2.75) is 27.1 Å². The smallest absolute Gasteiger partial charge is 0.335 e. The minimum absolute atomic E-state index is 0.0749. The van der Waals surface area contributed by atoms with Crippen LogP contribution in [0.5, 0.6) is 11.5 Å². The van der Waals surface area contributed by atoms with Crippen LogP contribution in [0, 0.1) is 13.8 Å². The van der Waals surface area contributed by atoms with Crippen LogP contribution in [0.3, 0.4) is 0 Å². The zero-order chi connectivity index (χ0) is 31.2. The summed E-state index contributed by atoms with van der Waals surface area (Å²) in [5.41, 5.74) is 7.21. The van der Waals surface area contributed by atoms with Crippen LogP contribution < -0.4 is 14.9 Å². The van der Waals surface area contributed by atoms with Crippen molar-refractivity contribution in [2.75, 3.05) is 0 Å². The van der Waals surface area contributed by atoms with E-state index in [2.05, 4.69) is 41.1 Å². The molecule has 0 aliphatic rings. The summed E-state index contributed by atoms with van der Waals surface area (Å²) in [7, 11) is 0. The number of aryl methyl sites for hydroxylation is 2. The molecule has 3 aromatic carbocycles. The molecule has 44 heavy (non-hydrogen) atoms. The summed E-state index contributed by atoms with van der Waals surface area (Å²) in [4.78, 5) is 23.5. The molecule has 5 rings (SSSR count). The molecule has 0 saturated carbocycles. The second-order valence-corrected chi connectivity index (χ2v) is 10.6. The summed E-state index contributed by atoms with van der Waals surface area (Å²) in [5.74, 6) is -0.0542. The van der Waals surface area contributed by atoms with E-state index in [4.69, 9.17) is 42.2 Å². The molecule has 11 heteroatoms. The fraction of sp³-hybridized carbons (Fsp3) is 0.121. The van der Waals surface area contributed by atoms with E-state index in [0.717, 1.165) is 22.6 Å². The number of nitrogens with one attached hydrogen (secondary N) is 1. The zero-order valence-corrected chi connectivity index (χ0v) is 25.2. The number of ether oxygens (including phenoxy) is 2. The highest BCUT2D eigenvalue weighted by atomic mass is 35.5. The number of hydrogen-bond donors (Lipinski definition) is 2. The van der Waals surface area contributed by atoms with Gasteiger partial charge in [0.25, 0.3) is 0 Å². The van der Waals surface area contributed by atoms with Crippen molar-refractivity contribution in [3.8, 4) is 17.2 Å². The van der Waals surface area contributed by atoms with Crippen LogP contribution >= 0.6 is 23.2 Å². The van der Waals surface area contributed by atoms with Gasteiger partial charge in [-0.1, -0.05) is 35.3 Å². The molecule has 0 fully saturated rings. The van der Waals surface area contributed by atoms with Gasteiger partial charge in [0.1, 0.15) is 24.7 Å². The number of aromatic carboxylic acids is 1. The summed E-state index contributed by atoms with van der Waals surface area (Å²) >= 11 is 12.7. The number of furan rings is 1. The number of carbonyl (C=O) groups is 2. The van der Waals surface area contributed by atoms with Gasteiger partial charge in [-0.15, -0.1) is 0 Å². The first-order valence-electron chi connectivity index (χ1n) is 13.4. The molecule has 2 heterocycles. The monoisotopic (exact) mass is 631 g/mol. The van der Waals surface area contributed by atoms with Crippen molar-refractivity contribution in [3.05, 3.63) is 135 Å². The lowest BCUT2D eigenvalue weighted by molar-refractivity contribution is 0.0696. The minimum atomic E-state index is -1.01. The summed E-state index contributed by atoms with van der Waals surface area (Å²) in [6, 6.07) is 24.5. The number of aromatic nitrogens is 1. The van der Waals surface area contributed by atoms with Crippen LogP contribution in [0.15, 0.2) is 94.4 Å². The van der Waals surface area contributed by atoms with E-state index < -0.39 is 11.9 Å². The normalized spacial score (nSPS) is 11.1. The van der Waals surface area contributed by atoms with Crippen molar-refractivity contribution in [3.63, 3.8) is 0 Å². The standard InChI is InChI=1S/C33H27Cl2N3O6/c1-20-3-4-21(2)38(20)25-9-11-26(12-10-25)42-19-27-13-14-30(44-27)32(39)37-36-17-23-15-28(34)31(29(35)16-23)43-18-22-5-7-24(8-6-22)33(40)41/h3-17H,18-19H2,1-2H3,(H,37,39)(H,40,41)/b36-17+. The number of rotatable bonds is 11. The van der Waals surface area contributed by atoms with E-state index in [1.54, 1.807) is 36.4 Å². The van der Waals surface area contributed by atoms with E-state index in [9.17, 15) is 9.59 Å². The Kier molecular flexibility index (Phi) is 9.38. The number of carboxylic acids is 1. The maximum atomic E-state index is 12.5. The number of amides is 1. The molecule has 2 N–H and O–H groups in total. The highest BCUT2D eigenvalue weighted by Gasteiger charge is 2.13. The third kappa shape index (κ3) is 7.31. The first-order valence-corrected chi connectivity index (χ1v) is 14.2. The molecule has 0 aliphatic heterocycles. The molecule has 0 radical (unpaired) electrons. The number of halogens is 2. The highest BCUT2D eigenvalue weighted by molar-refractivity contribution is 6.37. The average Bonchev–Trinajstić information content (AvgIpc) is 3.62. The topological polar surface area (TPSA) is 115 Å². The molecule has 0 atom stereocenters. The van der Waals surface area contributed by atoms with Crippen LogP contribution in [0.25, 0.3) is 5.69 Å². The Balaban J connectivity index is 1.12. The predicted octanol–water partition coefficient (Wildman–Crippen LogP) is 7.61. The number of benzene rings is 3. The maximum absolute atomic E-state index is 12.5. The first-order chi connectivity index (χ1) is 21.2. The van der Waals surface area contributed by atoms with Gasteiger partial charge in [-0.25, -0.2) is 10.2 Å². The molecule has 0 spiro atoms. The molecule has 1 amide bonds. The van der Waals surface area contributed by atoms with E-state index >= 15 is 0 Å². The Labute approximate surface area is 263 Å². The third-order valence-electron chi connectivity index (χ3n) is 6.62. The van der Waals surface area contributed by atoms with Crippen molar-refractivity contribution >= 4 is 41.3 Å². The Hall–Kier alpha value is -4.99. The van der Waals surface area contributed by atoms with E-state index in [1.807, 2.05) is 24.3 Å². The summed E-state index contributed by atoms with van der Waals surface area (Å²) < 4.78 is 19.3. The second-order valence-electron chi connectivity index (χ2n) is 9.80. The molecule has 0 aliphatic carbocycles. The van der Waals surface area contributed by atoms with Crippen molar-refractivity contribution in [1.82, 2.24) is 9.99 Å². The number of nitrogens with zero attached hydrogens (tertiary/aromatic N) is 2. The number of carboxylic acid groups (broad SMARTS) is 1. The van der Waals surface area contributed by atoms with Gasteiger partial charge in [-0.05, 0) is 97.8 Å². The third-order valence-corrected chi connectivity index (χ3v) is 7.18. The Morgan fingerprint density at radius 2 is 1.55 bits per heavy atom. The van der Waals surface area contributed by atoms with Gasteiger partial charge in [0.15, 0.2) is 11.5 Å². The van der Waals surface area contributed by atoms with Crippen LogP contribution in [-0.2, 0) is 13.2 Å². The number of carbonyl (C=O) groups excluding carboxylic acids is 1. The molecule has 9 nitrogen and oxygen atoms in total. The van der Waals surface area contributed by atoms with Gasteiger partial charge in [-0.2, -0.15) is 5.10 Å². The van der Waals surface area contributed by atoms with Gasteiger partial charge in [-0.3, -0.25) is 4.79 Å². The lowest BCUT2D eigenvalue weighted by atomic mass is 10.1. The molecule has 2 aromatic heterocycles. The van der Waals surface area contributed by atoms with Crippen LogP contribution in [0.1, 0.15) is 49.2 Å². The molecular weight excluding hydrogens is 605 g/mol. The van der Waals surface area contributed by atoms with Gasteiger partial charge in [0.2, 0.25) is 0 Å². The van der Waals surface area contributed by atoms with Crippen molar-refractivity contribution in [2.24, 2.45) is 5.10 Å². The van der Waals surface area contributed by atoms with Gasteiger partial charge in [0.05, 0.1) is 21.8 Å². The SMILES string of the molecule is Cc1ccc(C)n1-c1ccc(OCc2ccc(C(=O)N/N=C/c3cc(Cl)c(OCc4ccc(C(=O)O)cc4)c(Cl)c3)o2)cc1. The Morgan fingerprint density at radius 3 is 2.18 bits per heavy atom. The number of hydrogen-bond acceptors (Lipinski definition) is 6. The lowest BCUT2D eigenvalue weighted by Crippen LogP contribution is -2.16. The summed E-state index contributed by atoms with van der Waals surface area (Å²) in [6.07, 6.45) is 1.39. The molecule has 5 aromatic rings. The van der Waals surface area contributed by atoms with E-state index in [1.165, 1.54) is 18.3 Å². The lowest BCUT2D eigenvalue weighted by Gasteiger charge is -2.11. The van der Waals surface area contributed by atoms with E-state index in [-0.39, 0.29) is 40.3 Å². The fourth-order valence-corrected chi connectivity index (χ4v) is 5.02. The maximum Gasteiger partial charge on any atom is 0.335 e. The molecular formula is C33H27Cl2N3O6. The summed E-state index contributed by atoms with van der Waals surface area (Å²) in [5, 5.41) is 13.5. The highest BCUT2D eigenvalue weighted by Crippen LogP contribution is 2.34. The predicted molar refractivity (Wildman–Crippen MR) is 168 cm³/mol. The number of hydrazone groups is 1. The van der Waals surface area contributed by atoms with E-state index in [0.29, 0.717) is 17.1 Å². The quantitative estimate of drug-likeness (QED) is 0.114. The first kappa shape index (κ1) is 30.5. The fourth-order valence-electron chi connectivity index (χ4n) is 4.41. The zero-order valence-electron chi connectivity index (χ0n) is 23.7. The average molecular weight is 633 g/mol. The van der Waals surface area contributed by atoms with Crippen molar-refractivity contribution < 1.29 is 28.6 Å². The molecule has 0 bridgehead atoms. The van der Waals surface area contributed by atoms with Gasteiger partial charge < -0.3 is 23.6 Å². The van der Waals surface area contributed by atoms with Gasteiger partial charge >= 0.3 is 11.9 Å². The van der Waals surface area contributed by atoms with Crippen LogP contribution in [0.4, 0.5) is 0 Å².